The summed E-state index contributed by atoms with van der Waals surface area (Å²) < 4.78 is 0. The van der Waals surface area contributed by atoms with Crippen molar-refractivity contribution in [1.29, 1.82) is 0 Å². The monoisotopic (exact) mass is 363 g/mol. The molecule has 0 radical (unpaired) electrons. The molecule has 0 bridgehead atoms. The number of carbonyl (C=O) groups is 1. The van der Waals surface area contributed by atoms with Gasteiger partial charge in [-0.05, 0) is 37.3 Å². The molecule has 1 fully saturated rings. The average molecular weight is 364 g/mol. The van der Waals surface area contributed by atoms with Gasteiger partial charge < -0.3 is 16.0 Å². The molecule has 1 aromatic rings. The normalized spacial score (nSPS) is 14.9. The van der Waals surface area contributed by atoms with Crippen molar-refractivity contribution in [2.45, 2.75) is 39.2 Å². The van der Waals surface area contributed by atoms with E-state index in [1.807, 2.05) is 6.07 Å². The van der Waals surface area contributed by atoms with E-state index in [1.54, 1.807) is 6.07 Å². The molecule has 0 aromatic carbocycles. The zero-order valence-corrected chi connectivity index (χ0v) is 15.3. The Hall–Kier alpha value is -1.11. The molecule has 1 unspecified atom stereocenters. The maximum absolute atomic E-state index is 12.1. The summed E-state index contributed by atoms with van der Waals surface area (Å²) in [5.74, 6) is 1.13. The Balaban J connectivity index is 0.00000242. The zero-order chi connectivity index (χ0) is 15.2. The van der Waals surface area contributed by atoms with Crippen molar-refractivity contribution in [3.8, 4) is 0 Å². The van der Waals surface area contributed by atoms with Crippen LogP contribution in [0.5, 0.6) is 0 Å². The Bertz CT molecular complexity index is 463. The van der Waals surface area contributed by atoms with E-state index in [1.165, 1.54) is 12.8 Å². The van der Waals surface area contributed by atoms with Gasteiger partial charge in [0.05, 0.1) is 0 Å². The molecule has 1 aliphatic rings. The summed E-state index contributed by atoms with van der Waals surface area (Å²) in [5, 5.41) is 11.1. The highest BCUT2D eigenvalue weighted by Crippen LogP contribution is 2.16. The maximum atomic E-state index is 12.1. The molecular formula is C15H27Cl2N5O. The molecule has 1 amide bonds. The van der Waals surface area contributed by atoms with Gasteiger partial charge in [0.25, 0.3) is 5.91 Å². The molecule has 132 valence electrons. The van der Waals surface area contributed by atoms with Gasteiger partial charge in [0.1, 0.15) is 0 Å². The quantitative estimate of drug-likeness (QED) is 0.807. The smallest absolute Gasteiger partial charge is 0.272 e. The van der Waals surface area contributed by atoms with Gasteiger partial charge in [-0.15, -0.1) is 35.0 Å². The molecule has 0 aliphatic carbocycles. The van der Waals surface area contributed by atoms with Gasteiger partial charge >= 0.3 is 0 Å². The minimum atomic E-state index is -0.202. The minimum Gasteiger partial charge on any atom is -0.355 e. The van der Waals surface area contributed by atoms with Crippen molar-refractivity contribution in [3.05, 3.63) is 17.8 Å². The second kappa shape index (κ2) is 10.6. The number of nitrogens with two attached hydrogens (primary N) is 1. The van der Waals surface area contributed by atoms with Crippen molar-refractivity contribution in [1.82, 2.24) is 15.5 Å². The SMILES string of the molecule is CC(C)CC(CN)NC(=O)c1ccc(N2CCCC2)nn1.Cl.Cl. The molecule has 2 rings (SSSR count). The lowest BCUT2D eigenvalue weighted by Crippen LogP contribution is -2.41. The van der Waals surface area contributed by atoms with Crippen LogP contribution >= 0.6 is 24.8 Å². The number of nitrogens with one attached hydrogen (secondary N) is 1. The van der Waals surface area contributed by atoms with E-state index in [0.29, 0.717) is 18.2 Å². The van der Waals surface area contributed by atoms with Crippen LogP contribution in [0.3, 0.4) is 0 Å². The molecule has 1 atom stereocenters. The molecule has 0 spiro atoms. The summed E-state index contributed by atoms with van der Waals surface area (Å²) in [6, 6.07) is 3.59. The van der Waals surface area contributed by atoms with E-state index >= 15 is 0 Å². The summed E-state index contributed by atoms with van der Waals surface area (Å²) in [6.45, 7) is 6.69. The Morgan fingerprint density at radius 3 is 2.39 bits per heavy atom. The summed E-state index contributed by atoms with van der Waals surface area (Å²) in [5.41, 5.74) is 6.04. The molecule has 1 aromatic heterocycles. The summed E-state index contributed by atoms with van der Waals surface area (Å²) in [6.07, 6.45) is 3.25. The maximum Gasteiger partial charge on any atom is 0.272 e. The van der Waals surface area contributed by atoms with Gasteiger partial charge in [-0.1, -0.05) is 13.8 Å². The van der Waals surface area contributed by atoms with Crippen molar-refractivity contribution >= 4 is 36.5 Å². The van der Waals surface area contributed by atoms with E-state index < -0.39 is 0 Å². The number of hydrogen-bond donors (Lipinski definition) is 2. The van der Waals surface area contributed by atoms with Crippen molar-refractivity contribution in [3.63, 3.8) is 0 Å². The Kier molecular flexibility index (Phi) is 10.1. The average Bonchev–Trinajstić information content (AvgIpc) is 3.00. The van der Waals surface area contributed by atoms with Crippen molar-refractivity contribution in [2.24, 2.45) is 11.7 Å². The van der Waals surface area contributed by atoms with Gasteiger partial charge in [0.2, 0.25) is 0 Å². The van der Waals surface area contributed by atoms with Crippen LogP contribution in [0.25, 0.3) is 0 Å². The minimum absolute atomic E-state index is 0. The van der Waals surface area contributed by atoms with Crippen molar-refractivity contribution < 1.29 is 4.79 Å². The molecule has 23 heavy (non-hydrogen) atoms. The number of rotatable bonds is 6. The van der Waals surface area contributed by atoms with Crippen LogP contribution in [0.4, 0.5) is 5.82 Å². The molecule has 2 heterocycles. The molecule has 6 nitrogen and oxygen atoms in total. The summed E-state index contributed by atoms with van der Waals surface area (Å²) >= 11 is 0. The largest absolute Gasteiger partial charge is 0.355 e. The van der Waals surface area contributed by atoms with Crippen LogP contribution < -0.4 is 16.0 Å². The fraction of sp³-hybridized carbons (Fsp3) is 0.667. The molecule has 0 saturated carbocycles. The van der Waals surface area contributed by atoms with Crippen molar-refractivity contribution in [2.75, 3.05) is 24.5 Å². The highest BCUT2D eigenvalue weighted by molar-refractivity contribution is 5.92. The number of nitrogens with zero attached hydrogens (tertiary/aromatic N) is 3. The molecule has 3 N–H and O–H groups in total. The molecule has 1 saturated heterocycles. The third-order valence-corrected chi connectivity index (χ3v) is 3.69. The van der Waals surface area contributed by atoms with Crippen LogP contribution in [0.1, 0.15) is 43.6 Å². The fourth-order valence-corrected chi connectivity index (χ4v) is 2.60. The van der Waals surface area contributed by atoms with Crippen LogP contribution in [0, 0.1) is 5.92 Å². The van der Waals surface area contributed by atoms with Gasteiger partial charge in [-0.25, -0.2) is 0 Å². The lowest BCUT2D eigenvalue weighted by molar-refractivity contribution is 0.0927. The van der Waals surface area contributed by atoms with E-state index in [9.17, 15) is 4.79 Å². The molecule has 8 heteroatoms. The van der Waals surface area contributed by atoms with Gasteiger partial charge in [0.15, 0.2) is 11.5 Å². The van der Waals surface area contributed by atoms with E-state index in [-0.39, 0.29) is 36.8 Å². The second-order valence-corrected chi connectivity index (χ2v) is 6.01. The molecular weight excluding hydrogens is 337 g/mol. The first-order chi connectivity index (χ1) is 10.1. The first-order valence-electron chi connectivity index (χ1n) is 7.69. The topological polar surface area (TPSA) is 84.1 Å². The Morgan fingerprint density at radius 1 is 1.26 bits per heavy atom. The van der Waals surface area contributed by atoms with Crippen LogP contribution in [-0.2, 0) is 0 Å². The van der Waals surface area contributed by atoms with Crippen LogP contribution in [-0.4, -0.2) is 41.8 Å². The Morgan fingerprint density at radius 2 is 1.91 bits per heavy atom. The number of anilines is 1. The summed E-state index contributed by atoms with van der Waals surface area (Å²) in [4.78, 5) is 14.3. The first-order valence-corrected chi connectivity index (χ1v) is 7.69. The Labute approximate surface area is 150 Å². The third kappa shape index (κ3) is 6.49. The predicted molar refractivity (Wildman–Crippen MR) is 97.7 cm³/mol. The fourth-order valence-electron chi connectivity index (χ4n) is 2.60. The summed E-state index contributed by atoms with van der Waals surface area (Å²) in [7, 11) is 0. The third-order valence-electron chi connectivity index (χ3n) is 3.69. The lowest BCUT2D eigenvalue weighted by Gasteiger charge is -2.19. The predicted octanol–water partition coefficient (Wildman–Crippen LogP) is 2.02. The van der Waals surface area contributed by atoms with Crippen LogP contribution in [0.2, 0.25) is 0 Å². The van der Waals surface area contributed by atoms with Gasteiger partial charge in [0, 0.05) is 25.7 Å². The zero-order valence-electron chi connectivity index (χ0n) is 13.7. The van der Waals surface area contributed by atoms with Gasteiger partial charge in [-0.2, -0.15) is 0 Å². The number of amides is 1. The van der Waals surface area contributed by atoms with E-state index in [4.69, 9.17) is 5.73 Å². The van der Waals surface area contributed by atoms with Crippen LogP contribution in [0.15, 0.2) is 12.1 Å². The standard InChI is InChI=1S/C15H25N5O.2ClH/c1-11(2)9-12(10-16)17-15(21)13-5-6-14(19-18-13)20-7-3-4-8-20;;/h5-6,11-12H,3-4,7-10,16H2,1-2H3,(H,17,21);2*1H. The molecule has 1 aliphatic heterocycles. The highest BCUT2D eigenvalue weighted by atomic mass is 35.5. The number of carbonyl (C=O) groups excluding carboxylic acids is 1. The van der Waals surface area contributed by atoms with Gasteiger partial charge in [-0.3, -0.25) is 4.79 Å². The number of hydrogen-bond acceptors (Lipinski definition) is 5. The first kappa shape index (κ1) is 21.9. The highest BCUT2D eigenvalue weighted by Gasteiger charge is 2.17. The lowest BCUT2D eigenvalue weighted by atomic mass is 10.0. The van der Waals surface area contributed by atoms with E-state index in [0.717, 1.165) is 25.3 Å². The second-order valence-electron chi connectivity index (χ2n) is 6.01. The number of aromatic nitrogens is 2. The van der Waals surface area contributed by atoms with E-state index in [2.05, 4.69) is 34.3 Å². The number of halogens is 2.